The van der Waals surface area contributed by atoms with Crippen molar-refractivity contribution < 1.29 is 102 Å². The van der Waals surface area contributed by atoms with E-state index in [4.69, 9.17) is 9.47 Å². The van der Waals surface area contributed by atoms with Gasteiger partial charge in [0, 0.05) is 87.9 Å². The van der Waals surface area contributed by atoms with Gasteiger partial charge in [0.1, 0.15) is 71.1 Å². The van der Waals surface area contributed by atoms with E-state index in [2.05, 4.69) is 29.1 Å². The molecule has 34 heteroatoms. The number of nitrogens with zero attached hydrogens (tertiary/aromatic N) is 9. The van der Waals surface area contributed by atoms with Gasteiger partial charge in [-0.1, -0.05) is 70.4 Å². The van der Waals surface area contributed by atoms with Gasteiger partial charge in [0.05, 0.1) is 44.4 Å². The van der Waals surface area contributed by atoms with Gasteiger partial charge in [0.15, 0.2) is 0 Å². The van der Waals surface area contributed by atoms with E-state index in [9.17, 15) is 55.1 Å². The van der Waals surface area contributed by atoms with Gasteiger partial charge in [-0.25, -0.2) is 8.78 Å². The molecule has 0 unspecified atom stereocenters. The number of halogens is 8. The molecule has 5 aliphatic rings. The van der Waals surface area contributed by atoms with Crippen LogP contribution in [0.4, 0.5) is 35.1 Å². The zero-order valence-electron chi connectivity index (χ0n) is 65.7. The molecule has 12 amide bonds. The van der Waals surface area contributed by atoms with Gasteiger partial charge in [-0.3, -0.25) is 57.5 Å². The quantitative estimate of drug-likeness (QED) is 0.120. The third-order valence-corrected chi connectivity index (χ3v) is 22.3. The first-order chi connectivity index (χ1) is 52.6. The summed E-state index contributed by atoms with van der Waals surface area (Å²) in [5, 5.41) is 8.24. The first-order valence-electron chi connectivity index (χ1n) is 38.2. The van der Waals surface area contributed by atoms with Crippen LogP contribution in [0.3, 0.4) is 0 Å². The summed E-state index contributed by atoms with van der Waals surface area (Å²) in [6.07, 6.45) is -9.69. The lowest BCUT2D eigenvalue weighted by atomic mass is 9.74. The van der Waals surface area contributed by atoms with Crippen LogP contribution in [0.5, 0.6) is 0 Å². The van der Waals surface area contributed by atoms with E-state index >= 15 is 37.5 Å². The lowest BCUT2D eigenvalue weighted by Crippen LogP contribution is -2.68. The minimum Gasteiger partial charge on any atom is -0.378 e. The predicted molar refractivity (Wildman–Crippen MR) is 394 cm³/mol. The molecule has 5 fully saturated rings. The minimum atomic E-state index is -5.47. The maximum Gasteiger partial charge on any atom is 0.422 e. The number of amides is 12. The molecule has 7 rings (SSSR count). The van der Waals surface area contributed by atoms with Crippen LogP contribution in [0.1, 0.15) is 147 Å². The molecule has 2 aromatic rings. The molecular weight excluding hydrogens is 1480 g/mol. The van der Waals surface area contributed by atoms with Gasteiger partial charge in [-0.15, -0.1) is 6.58 Å². The highest BCUT2D eigenvalue weighted by Gasteiger charge is 2.54. The molecule has 1 spiro atoms. The molecule has 2 aromatic carbocycles. The summed E-state index contributed by atoms with van der Waals surface area (Å²) in [6.45, 7) is 13.9. The van der Waals surface area contributed by atoms with E-state index in [1.165, 1.54) is 58.0 Å². The van der Waals surface area contributed by atoms with Crippen molar-refractivity contribution in [3.05, 3.63) is 95.1 Å². The van der Waals surface area contributed by atoms with Crippen molar-refractivity contribution in [2.75, 3.05) is 101 Å². The van der Waals surface area contributed by atoms with Crippen molar-refractivity contribution in [1.29, 1.82) is 0 Å². The Morgan fingerprint density at radius 2 is 1.31 bits per heavy atom. The fourth-order valence-corrected chi connectivity index (χ4v) is 15.5. The second-order valence-corrected chi connectivity index (χ2v) is 30.3. The smallest absolute Gasteiger partial charge is 0.378 e. The molecule has 3 saturated heterocycles. The Labute approximate surface area is 648 Å². The fourth-order valence-electron chi connectivity index (χ4n) is 15.5. The largest absolute Gasteiger partial charge is 0.422 e. The second kappa shape index (κ2) is 39.1. The Bertz CT molecular complexity index is 3750. The Hall–Kier alpha value is -9.08. The van der Waals surface area contributed by atoms with E-state index in [0.29, 0.717) is 50.7 Å². The topological polar surface area (TPSA) is 289 Å². The third-order valence-electron chi connectivity index (χ3n) is 22.3. The van der Waals surface area contributed by atoms with Gasteiger partial charge in [-0.05, 0) is 125 Å². The summed E-state index contributed by atoms with van der Waals surface area (Å²) < 4.78 is 126. The standard InChI is InChI=1S/C78H108F8N12O14/c1-14-18-24-57-72(107)97(42-46(5)6)60(39-48-25-28-51(29-26-48)77(81,82)83)70(105)90(8)44-61(99)87-55(30-27-49-37-53(79)64(54(80)38-49)78(84,85)86)69(104)98-43-52(112-17-4)40-58(98)68(103)89-76(31-21-32-76)75(110)95(13)66(50-22-19-20-23-50)74(109)94(12)59(71(106)96-33-35-111-36-34-96)41-62(100)92(10)56(16-3)67(102)88-65(47(7)15-2)73(108)91(9)45-63(101)93(57)11/h14,25-26,28-29,37-38,47,50,52,55-60,65-66H,1,5,15-24,27,30-36,39-45H2,2-4,6-13H3,(H,87,99)(H,88,102)(H,89,103)/t47-,52+,55-,56-,57-,58-,59-,60-,65-,66-/m0/s1. The summed E-state index contributed by atoms with van der Waals surface area (Å²) in [7, 11) is 7.74. The number of ether oxygens (including phenoxy) is 2. The van der Waals surface area contributed by atoms with Crippen molar-refractivity contribution in [3.8, 4) is 0 Å². The number of allylic oxidation sites excluding steroid dienone is 1. The molecule has 3 N–H and O–H groups in total. The number of rotatable bonds is 17. The molecule has 10 atom stereocenters. The zero-order chi connectivity index (χ0) is 83.2. The molecular formula is C78H108F8N12O14. The summed E-state index contributed by atoms with van der Waals surface area (Å²) in [5.74, 6) is -15.5. The van der Waals surface area contributed by atoms with Crippen molar-refractivity contribution >= 4 is 70.9 Å². The maximum absolute atomic E-state index is 15.7. The van der Waals surface area contributed by atoms with E-state index < -0.39 is 229 Å². The Morgan fingerprint density at radius 3 is 1.86 bits per heavy atom. The lowest BCUT2D eigenvalue weighted by Gasteiger charge is -2.47. The number of benzene rings is 2. The Morgan fingerprint density at radius 1 is 0.705 bits per heavy atom. The van der Waals surface area contributed by atoms with Crippen LogP contribution < -0.4 is 16.0 Å². The molecule has 3 aliphatic heterocycles. The first kappa shape index (κ1) is 90.1. The maximum atomic E-state index is 15.7. The molecule has 0 aromatic heterocycles. The zero-order valence-corrected chi connectivity index (χ0v) is 65.7. The SMILES string of the molecule is C=CCC[C@H]1C(=O)N(CC(=C)C)[C@@H](Cc2ccc(C(F)(F)F)cc2)C(=O)N(C)CC(=O)N[C@@H](CCc2cc(F)c(C(F)(F)F)c(F)c2)C(=O)N2C[C@H](OCC)C[C@H]2C(=O)NC2(CCC2)C(=O)N(C)[C@@H](C2CCCC2)C(=O)N(C)[C@H](C(=O)N2CCOCC2)CC(=O)N(C)[C@@H](CC)C(=O)N[C@@H]([C@@H](C)CC)C(=O)N(C)CC(=O)N1C. The summed E-state index contributed by atoms with van der Waals surface area (Å²) in [6, 6.07) is -7.72. The monoisotopic (exact) mass is 1590 g/mol. The molecule has 112 heavy (non-hydrogen) atoms. The molecule has 0 bridgehead atoms. The molecule has 0 radical (unpaired) electrons. The summed E-state index contributed by atoms with van der Waals surface area (Å²) in [5.41, 5.74) is -5.11. The van der Waals surface area contributed by atoms with E-state index in [1.54, 1.807) is 27.7 Å². The van der Waals surface area contributed by atoms with Gasteiger partial charge >= 0.3 is 12.4 Å². The lowest BCUT2D eigenvalue weighted by molar-refractivity contribution is -0.159. The van der Waals surface area contributed by atoms with Gasteiger partial charge in [-0.2, -0.15) is 26.3 Å². The first-order valence-corrected chi connectivity index (χ1v) is 38.2. The van der Waals surface area contributed by atoms with Crippen LogP contribution in [0, 0.1) is 23.5 Å². The highest BCUT2D eigenvalue weighted by molar-refractivity contribution is 6.01. The molecule has 26 nitrogen and oxygen atoms in total. The predicted octanol–water partition coefficient (Wildman–Crippen LogP) is 6.07. The number of carbonyl (C=O) groups excluding carboxylic acids is 12. The van der Waals surface area contributed by atoms with Crippen molar-refractivity contribution in [1.82, 2.24) is 60.0 Å². The number of carbonyl (C=O) groups is 12. The van der Waals surface area contributed by atoms with E-state index in [1.807, 2.05) is 0 Å². The third kappa shape index (κ3) is 21.8. The minimum absolute atomic E-state index is 0.0229. The van der Waals surface area contributed by atoms with Crippen LogP contribution >= 0.6 is 0 Å². The van der Waals surface area contributed by atoms with Gasteiger partial charge in [0.25, 0.3) is 0 Å². The molecule has 2 saturated carbocycles. The average Bonchev–Trinajstić information content (AvgIpc) is 1.17. The normalized spacial score (nSPS) is 25.5. The van der Waals surface area contributed by atoms with Crippen LogP contribution in [-0.2, 0) is 92.2 Å². The van der Waals surface area contributed by atoms with Gasteiger partial charge in [0.2, 0.25) is 70.9 Å². The Kier molecular flexibility index (Phi) is 31.5. The van der Waals surface area contributed by atoms with Crippen molar-refractivity contribution in [3.63, 3.8) is 0 Å². The van der Waals surface area contributed by atoms with Crippen molar-refractivity contribution in [2.45, 2.75) is 210 Å². The summed E-state index contributed by atoms with van der Waals surface area (Å²) in [4.78, 5) is 192. The van der Waals surface area contributed by atoms with Gasteiger partial charge < -0.3 is 69.5 Å². The average molecular weight is 1590 g/mol. The second-order valence-electron chi connectivity index (χ2n) is 30.3. The number of hydrogen-bond acceptors (Lipinski definition) is 14. The highest BCUT2D eigenvalue weighted by Crippen LogP contribution is 2.40. The Balaban J connectivity index is 1.37. The number of fused-ring (bicyclic) bond motifs is 1. The highest BCUT2D eigenvalue weighted by atomic mass is 19.4. The number of nitrogens with one attached hydrogen (secondary N) is 3. The number of morpholine rings is 1. The van der Waals surface area contributed by atoms with Crippen LogP contribution in [-0.4, -0.2) is 276 Å². The van der Waals surface area contributed by atoms with E-state index in [-0.39, 0.29) is 89.1 Å². The summed E-state index contributed by atoms with van der Waals surface area (Å²) >= 11 is 0. The van der Waals surface area contributed by atoms with Crippen molar-refractivity contribution in [2.24, 2.45) is 11.8 Å². The number of hydrogen-bond donors (Lipinski definition) is 3. The van der Waals surface area contributed by atoms with Crippen LogP contribution in [0.15, 0.2) is 61.2 Å². The van der Waals surface area contributed by atoms with Crippen LogP contribution in [0.25, 0.3) is 0 Å². The van der Waals surface area contributed by atoms with Crippen LogP contribution in [0.2, 0.25) is 0 Å². The number of likely N-dealkylation sites (N-methyl/N-ethyl adjacent to an activating group) is 6. The fraction of sp³-hybridized carbons (Fsp3) is 0.641. The molecule has 2 aliphatic carbocycles. The number of alkyl halides is 6. The number of aryl methyl sites for hydroxylation is 1. The van der Waals surface area contributed by atoms with E-state index in [0.717, 1.165) is 65.6 Å². The molecule has 620 valence electrons. The molecule has 3 heterocycles.